The van der Waals surface area contributed by atoms with Gasteiger partial charge in [0.15, 0.2) is 0 Å². The second-order valence-electron chi connectivity index (χ2n) is 7.99. The van der Waals surface area contributed by atoms with Gasteiger partial charge in [-0.1, -0.05) is 18.2 Å². The van der Waals surface area contributed by atoms with Crippen LogP contribution in [-0.4, -0.2) is 53.0 Å². The van der Waals surface area contributed by atoms with Crippen LogP contribution in [0, 0.1) is 11.3 Å². The molecule has 3 heterocycles. The lowest BCUT2D eigenvalue weighted by atomic mass is 10.1. The van der Waals surface area contributed by atoms with Gasteiger partial charge in [-0.3, -0.25) is 19.4 Å². The fourth-order valence-corrected chi connectivity index (χ4v) is 4.95. The van der Waals surface area contributed by atoms with Gasteiger partial charge in [-0.15, -0.1) is 0 Å². The number of amides is 2. The second kappa shape index (κ2) is 6.82. The zero-order valence-electron chi connectivity index (χ0n) is 16.2. The molecule has 3 atom stereocenters. The van der Waals surface area contributed by atoms with Crippen molar-refractivity contribution in [2.75, 3.05) is 18.1 Å². The first kappa shape index (κ1) is 19.6. The maximum Gasteiger partial charge on any atom is 0.417 e. The maximum atomic E-state index is 13.4. The van der Waals surface area contributed by atoms with Gasteiger partial charge in [0.25, 0.3) is 5.91 Å². The molecule has 158 valence electrons. The van der Waals surface area contributed by atoms with Crippen LogP contribution in [0.5, 0.6) is 0 Å². The number of piperazine rings is 1. The average molecular weight is 426 g/mol. The SMILES string of the molecule is N#Cc1ccc(N2CN3C4CC([C@@H]3C2=O)N(C(=O)c2ccccc2)C4)cc1C(F)(F)F. The fourth-order valence-electron chi connectivity index (χ4n) is 4.95. The van der Waals surface area contributed by atoms with Gasteiger partial charge in [-0.05, 0) is 36.8 Å². The van der Waals surface area contributed by atoms with Crippen molar-refractivity contribution in [1.29, 1.82) is 5.26 Å². The molecule has 0 saturated carbocycles. The zero-order valence-corrected chi connectivity index (χ0v) is 16.2. The standard InChI is InChI=1S/C22H17F3N4O2/c23-22(24,25)17-8-15(7-6-14(17)10-26)29-12-28-16-9-18(19(28)21(29)31)27(11-16)20(30)13-4-2-1-3-5-13/h1-8,16,18-19H,9,11-12H2/t16?,18?,19-/m1/s1. The van der Waals surface area contributed by atoms with Crippen LogP contribution in [0.2, 0.25) is 0 Å². The molecule has 3 saturated heterocycles. The summed E-state index contributed by atoms with van der Waals surface area (Å²) in [6.45, 7) is 0.651. The lowest BCUT2D eigenvalue weighted by molar-refractivity contribution is -0.137. The summed E-state index contributed by atoms with van der Waals surface area (Å²) in [5, 5.41) is 9.00. The molecule has 2 amide bonds. The Labute approximate surface area is 176 Å². The van der Waals surface area contributed by atoms with Gasteiger partial charge in [-0.2, -0.15) is 18.4 Å². The largest absolute Gasteiger partial charge is 0.417 e. The van der Waals surface area contributed by atoms with Gasteiger partial charge in [0.2, 0.25) is 5.91 Å². The summed E-state index contributed by atoms with van der Waals surface area (Å²) in [6.07, 6.45) is -4.03. The lowest BCUT2D eigenvalue weighted by Gasteiger charge is -2.35. The van der Waals surface area contributed by atoms with Crippen LogP contribution in [-0.2, 0) is 11.0 Å². The van der Waals surface area contributed by atoms with Gasteiger partial charge in [0, 0.05) is 23.8 Å². The number of anilines is 1. The van der Waals surface area contributed by atoms with Gasteiger partial charge in [0.1, 0.15) is 6.04 Å². The minimum atomic E-state index is -4.70. The molecular weight excluding hydrogens is 409 g/mol. The van der Waals surface area contributed by atoms with Gasteiger partial charge < -0.3 is 4.90 Å². The Hall–Kier alpha value is -3.38. The predicted molar refractivity (Wildman–Crippen MR) is 104 cm³/mol. The van der Waals surface area contributed by atoms with E-state index in [2.05, 4.69) is 0 Å². The monoisotopic (exact) mass is 426 g/mol. The molecule has 9 heteroatoms. The van der Waals surface area contributed by atoms with Crippen LogP contribution < -0.4 is 4.90 Å². The Kier molecular flexibility index (Phi) is 4.31. The van der Waals surface area contributed by atoms with E-state index < -0.39 is 23.3 Å². The number of hydrogen-bond acceptors (Lipinski definition) is 4. The van der Waals surface area contributed by atoms with E-state index in [0.29, 0.717) is 18.5 Å². The van der Waals surface area contributed by atoms with Crippen molar-refractivity contribution < 1.29 is 22.8 Å². The first-order valence-corrected chi connectivity index (χ1v) is 9.84. The number of hydrogen-bond donors (Lipinski definition) is 0. The zero-order chi connectivity index (χ0) is 21.9. The Morgan fingerprint density at radius 3 is 2.55 bits per heavy atom. The van der Waals surface area contributed by atoms with E-state index in [4.69, 9.17) is 5.26 Å². The number of alkyl halides is 3. The molecule has 2 aromatic rings. The Morgan fingerprint density at radius 2 is 1.87 bits per heavy atom. The highest BCUT2D eigenvalue weighted by Gasteiger charge is 2.59. The molecule has 0 spiro atoms. The summed E-state index contributed by atoms with van der Waals surface area (Å²) >= 11 is 0. The third-order valence-electron chi connectivity index (χ3n) is 6.36. The molecule has 3 fully saturated rings. The van der Waals surface area contributed by atoms with Crippen molar-refractivity contribution >= 4 is 17.5 Å². The number of halogens is 3. The van der Waals surface area contributed by atoms with E-state index in [1.54, 1.807) is 35.2 Å². The van der Waals surface area contributed by atoms with E-state index in [-0.39, 0.29) is 36.3 Å². The smallest absolute Gasteiger partial charge is 0.332 e. The number of rotatable bonds is 2. The van der Waals surface area contributed by atoms with Gasteiger partial charge in [-0.25, -0.2) is 0 Å². The number of likely N-dealkylation sites (tertiary alicyclic amines) is 1. The predicted octanol–water partition coefficient (Wildman–Crippen LogP) is 2.85. The Bertz CT molecular complexity index is 1110. The van der Waals surface area contributed by atoms with Crippen LogP contribution in [0.4, 0.5) is 18.9 Å². The summed E-state index contributed by atoms with van der Waals surface area (Å²) in [5.74, 6) is -0.465. The number of benzene rings is 2. The quantitative estimate of drug-likeness (QED) is 0.741. The highest BCUT2D eigenvalue weighted by Crippen LogP contribution is 2.42. The lowest BCUT2D eigenvalue weighted by Crippen LogP contribution is -2.54. The topological polar surface area (TPSA) is 67.7 Å². The van der Waals surface area contributed by atoms with Crippen LogP contribution in [0.3, 0.4) is 0 Å². The maximum absolute atomic E-state index is 13.4. The van der Waals surface area contributed by atoms with Crippen molar-refractivity contribution in [3.63, 3.8) is 0 Å². The molecule has 3 aliphatic rings. The minimum Gasteiger partial charge on any atom is -0.332 e. The number of fused-ring (bicyclic) bond motifs is 5. The second-order valence-corrected chi connectivity index (χ2v) is 7.99. The van der Waals surface area contributed by atoms with Crippen LogP contribution >= 0.6 is 0 Å². The highest BCUT2D eigenvalue weighted by molar-refractivity contribution is 6.02. The summed E-state index contributed by atoms with van der Waals surface area (Å²) < 4.78 is 40.1. The number of carbonyl (C=O) groups is 2. The molecule has 2 bridgehead atoms. The van der Waals surface area contributed by atoms with E-state index in [1.165, 1.54) is 11.0 Å². The van der Waals surface area contributed by atoms with Crippen LogP contribution in [0.25, 0.3) is 0 Å². The molecular formula is C22H17F3N4O2. The van der Waals surface area contributed by atoms with E-state index in [0.717, 1.165) is 12.1 Å². The van der Waals surface area contributed by atoms with E-state index in [1.807, 2.05) is 11.0 Å². The van der Waals surface area contributed by atoms with Crippen molar-refractivity contribution in [2.45, 2.75) is 30.7 Å². The molecule has 5 rings (SSSR count). The number of carbonyl (C=O) groups excluding carboxylic acids is 2. The summed E-state index contributed by atoms with van der Waals surface area (Å²) in [5.41, 5.74) is -0.892. The van der Waals surface area contributed by atoms with Crippen molar-refractivity contribution in [3.05, 3.63) is 65.2 Å². The van der Waals surface area contributed by atoms with Crippen molar-refractivity contribution in [1.82, 2.24) is 9.80 Å². The summed E-state index contributed by atoms with van der Waals surface area (Å²) in [7, 11) is 0. The third-order valence-corrected chi connectivity index (χ3v) is 6.36. The molecule has 6 nitrogen and oxygen atoms in total. The molecule has 0 radical (unpaired) electrons. The average Bonchev–Trinajstić information content (AvgIpc) is 3.44. The van der Waals surface area contributed by atoms with Gasteiger partial charge >= 0.3 is 6.18 Å². The van der Waals surface area contributed by atoms with Crippen molar-refractivity contribution in [2.24, 2.45) is 0 Å². The minimum absolute atomic E-state index is 0.0166. The molecule has 0 N–H and O–H groups in total. The molecule has 2 unspecified atom stereocenters. The summed E-state index contributed by atoms with van der Waals surface area (Å²) in [6, 6.07) is 12.8. The van der Waals surface area contributed by atoms with E-state index in [9.17, 15) is 22.8 Å². The molecule has 0 aromatic heterocycles. The Balaban J connectivity index is 1.42. The first-order valence-electron chi connectivity index (χ1n) is 9.84. The molecule has 0 aliphatic carbocycles. The number of nitriles is 1. The number of nitrogens with zero attached hydrogens (tertiary/aromatic N) is 4. The van der Waals surface area contributed by atoms with Crippen LogP contribution in [0.15, 0.2) is 48.5 Å². The fraction of sp³-hybridized carbons (Fsp3) is 0.318. The van der Waals surface area contributed by atoms with Crippen molar-refractivity contribution in [3.8, 4) is 6.07 Å². The third kappa shape index (κ3) is 2.98. The Morgan fingerprint density at radius 1 is 1.13 bits per heavy atom. The molecule has 31 heavy (non-hydrogen) atoms. The van der Waals surface area contributed by atoms with E-state index >= 15 is 0 Å². The first-order chi connectivity index (χ1) is 14.8. The molecule has 2 aromatic carbocycles. The van der Waals surface area contributed by atoms with Crippen LogP contribution in [0.1, 0.15) is 27.9 Å². The highest BCUT2D eigenvalue weighted by atomic mass is 19.4. The van der Waals surface area contributed by atoms with Gasteiger partial charge in [0.05, 0.1) is 29.9 Å². The normalized spacial score (nSPS) is 25.1. The molecule has 3 aliphatic heterocycles. The summed E-state index contributed by atoms with van der Waals surface area (Å²) in [4.78, 5) is 31.1.